The minimum atomic E-state index is -0.00362. The lowest BCUT2D eigenvalue weighted by atomic mass is 9.97. The summed E-state index contributed by atoms with van der Waals surface area (Å²) in [7, 11) is 0. The van der Waals surface area contributed by atoms with E-state index in [1.807, 2.05) is 26.0 Å². The van der Waals surface area contributed by atoms with Gasteiger partial charge in [-0.15, -0.1) is 0 Å². The number of ether oxygens (including phenoxy) is 2. The van der Waals surface area contributed by atoms with Crippen molar-refractivity contribution in [3.63, 3.8) is 0 Å². The van der Waals surface area contributed by atoms with Crippen LogP contribution in [0, 0.1) is 0 Å². The zero-order valence-electron chi connectivity index (χ0n) is 17.2. The molecule has 27 heavy (non-hydrogen) atoms. The highest BCUT2D eigenvalue weighted by molar-refractivity contribution is 5.95. The topological polar surface area (TPSA) is 47.6 Å². The van der Waals surface area contributed by atoms with E-state index in [-0.39, 0.29) is 11.9 Å². The summed E-state index contributed by atoms with van der Waals surface area (Å²) >= 11 is 0. The first-order valence-electron chi connectivity index (χ1n) is 10.9. The lowest BCUT2D eigenvalue weighted by molar-refractivity contribution is 0.0931. The van der Waals surface area contributed by atoms with Crippen LogP contribution in [0.5, 0.6) is 11.5 Å². The molecule has 1 amide bonds. The van der Waals surface area contributed by atoms with Crippen molar-refractivity contribution >= 4 is 5.91 Å². The molecule has 1 aromatic carbocycles. The molecule has 1 aromatic rings. The number of hydrogen-bond acceptors (Lipinski definition) is 3. The quantitative estimate of drug-likeness (QED) is 0.674. The molecule has 1 fully saturated rings. The Kier molecular flexibility index (Phi) is 10.1. The van der Waals surface area contributed by atoms with Crippen molar-refractivity contribution in [1.29, 1.82) is 0 Å². The average molecular weight is 376 g/mol. The Morgan fingerprint density at radius 2 is 1.37 bits per heavy atom. The van der Waals surface area contributed by atoms with Crippen molar-refractivity contribution in [2.75, 3.05) is 13.2 Å². The third-order valence-corrected chi connectivity index (χ3v) is 5.25. The van der Waals surface area contributed by atoms with Crippen LogP contribution in [0.4, 0.5) is 0 Å². The maximum atomic E-state index is 12.8. The van der Waals surface area contributed by atoms with Crippen molar-refractivity contribution in [3.05, 3.63) is 23.8 Å². The predicted octanol–water partition coefficient (Wildman–Crippen LogP) is 5.89. The van der Waals surface area contributed by atoms with Crippen molar-refractivity contribution in [3.8, 4) is 11.5 Å². The second-order valence-electron chi connectivity index (χ2n) is 7.46. The highest BCUT2D eigenvalue weighted by Crippen LogP contribution is 2.28. The first kappa shape index (κ1) is 21.6. The highest BCUT2D eigenvalue weighted by atomic mass is 16.5. The molecule has 0 radical (unpaired) electrons. The third kappa shape index (κ3) is 7.82. The fourth-order valence-corrected chi connectivity index (χ4v) is 3.77. The molecule has 0 unspecified atom stereocenters. The SMILES string of the molecule is CCOc1ccc(C(=O)NC2CCCCCCCCCCC2)cc1OCC. The second-order valence-corrected chi connectivity index (χ2v) is 7.46. The van der Waals surface area contributed by atoms with E-state index >= 15 is 0 Å². The molecule has 0 aromatic heterocycles. The Hall–Kier alpha value is -1.71. The lowest BCUT2D eigenvalue weighted by Gasteiger charge is -2.20. The summed E-state index contributed by atoms with van der Waals surface area (Å²) < 4.78 is 11.3. The van der Waals surface area contributed by atoms with Crippen LogP contribution in [0.3, 0.4) is 0 Å². The fourth-order valence-electron chi connectivity index (χ4n) is 3.77. The molecular formula is C23H37NO3. The number of nitrogens with one attached hydrogen (secondary N) is 1. The minimum absolute atomic E-state index is 0.00362. The third-order valence-electron chi connectivity index (χ3n) is 5.25. The molecule has 1 aliphatic carbocycles. The maximum Gasteiger partial charge on any atom is 0.251 e. The van der Waals surface area contributed by atoms with Crippen LogP contribution in [0.2, 0.25) is 0 Å². The van der Waals surface area contributed by atoms with E-state index in [4.69, 9.17) is 9.47 Å². The van der Waals surface area contributed by atoms with Crippen LogP contribution < -0.4 is 14.8 Å². The second kappa shape index (κ2) is 12.6. The molecule has 4 heteroatoms. The first-order valence-corrected chi connectivity index (χ1v) is 10.9. The van der Waals surface area contributed by atoms with Crippen LogP contribution in [-0.4, -0.2) is 25.2 Å². The molecule has 4 nitrogen and oxygen atoms in total. The molecule has 1 saturated carbocycles. The fraction of sp³-hybridized carbons (Fsp3) is 0.696. The number of hydrogen-bond donors (Lipinski definition) is 1. The normalized spacial score (nSPS) is 17.4. The van der Waals surface area contributed by atoms with Gasteiger partial charge in [0.25, 0.3) is 5.91 Å². The van der Waals surface area contributed by atoms with Crippen molar-refractivity contribution in [1.82, 2.24) is 5.32 Å². The molecule has 1 N–H and O–H groups in total. The van der Waals surface area contributed by atoms with Crippen LogP contribution >= 0.6 is 0 Å². The van der Waals surface area contributed by atoms with Crippen LogP contribution in [0.1, 0.15) is 94.8 Å². The van der Waals surface area contributed by atoms with Gasteiger partial charge in [0.05, 0.1) is 13.2 Å². The molecular weight excluding hydrogens is 338 g/mol. The lowest BCUT2D eigenvalue weighted by Crippen LogP contribution is -2.35. The first-order chi connectivity index (χ1) is 13.2. The molecule has 0 atom stereocenters. The molecule has 1 aliphatic rings. The zero-order chi connectivity index (χ0) is 19.3. The number of rotatable bonds is 6. The van der Waals surface area contributed by atoms with Gasteiger partial charge in [0.1, 0.15) is 0 Å². The molecule has 0 bridgehead atoms. The molecule has 0 aliphatic heterocycles. The zero-order valence-corrected chi connectivity index (χ0v) is 17.2. The van der Waals surface area contributed by atoms with E-state index in [2.05, 4.69) is 5.32 Å². The van der Waals surface area contributed by atoms with Gasteiger partial charge in [-0.3, -0.25) is 4.79 Å². The number of benzene rings is 1. The van der Waals surface area contributed by atoms with Gasteiger partial charge < -0.3 is 14.8 Å². The molecule has 0 spiro atoms. The number of carbonyl (C=O) groups is 1. The summed E-state index contributed by atoms with van der Waals surface area (Å²) in [5.41, 5.74) is 0.646. The van der Waals surface area contributed by atoms with E-state index in [0.717, 1.165) is 12.8 Å². The van der Waals surface area contributed by atoms with Crippen LogP contribution in [0.25, 0.3) is 0 Å². The Morgan fingerprint density at radius 3 is 1.93 bits per heavy atom. The predicted molar refractivity (Wildman–Crippen MR) is 111 cm³/mol. The smallest absolute Gasteiger partial charge is 0.251 e. The monoisotopic (exact) mass is 375 g/mol. The number of amides is 1. The Balaban J connectivity index is 1.98. The molecule has 2 rings (SSSR count). The van der Waals surface area contributed by atoms with E-state index in [0.29, 0.717) is 30.3 Å². The van der Waals surface area contributed by atoms with E-state index in [1.54, 1.807) is 6.07 Å². The molecule has 0 heterocycles. The van der Waals surface area contributed by atoms with Gasteiger partial charge in [-0.2, -0.15) is 0 Å². The van der Waals surface area contributed by atoms with Gasteiger partial charge in [-0.05, 0) is 44.9 Å². The molecule has 152 valence electrons. The minimum Gasteiger partial charge on any atom is -0.490 e. The van der Waals surface area contributed by atoms with E-state index in [1.165, 1.54) is 57.8 Å². The standard InChI is InChI=1S/C23H37NO3/c1-3-26-21-17-16-19(18-22(21)27-4-2)23(25)24-20-14-12-10-8-6-5-7-9-11-13-15-20/h16-18,20H,3-15H2,1-2H3,(H,24,25). The van der Waals surface area contributed by atoms with Gasteiger partial charge in [-0.1, -0.05) is 57.8 Å². The summed E-state index contributed by atoms with van der Waals surface area (Å²) in [4.78, 5) is 12.8. The number of carbonyl (C=O) groups excluding carboxylic acids is 1. The summed E-state index contributed by atoms with van der Waals surface area (Å²) in [5.74, 6) is 1.34. The average Bonchev–Trinajstić information content (AvgIpc) is 2.65. The summed E-state index contributed by atoms with van der Waals surface area (Å²) in [6.45, 7) is 5.01. The van der Waals surface area contributed by atoms with Gasteiger partial charge >= 0.3 is 0 Å². The van der Waals surface area contributed by atoms with Crippen molar-refractivity contribution in [2.45, 2.75) is 90.5 Å². The van der Waals surface area contributed by atoms with Crippen LogP contribution in [0.15, 0.2) is 18.2 Å². The maximum absolute atomic E-state index is 12.8. The van der Waals surface area contributed by atoms with Crippen molar-refractivity contribution in [2.24, 2.45) is 0 Å². The Morgan fingerprint density at radius 1 is 0.852 bits per heavy atom. The summed E-state index contributed by atoms with van der Waals surface area (Å²) in [5, 5.41) is 3.27. The van der Waals surface area contributed by atoms with E-state index < -0.39 is 0 Å². The van der Waals surface area contributed by atoms with Crippen molar-refractivity contribution < 1.29 is 14.3 Å². The summed E-state index contributed by atoms with van der Waals surface area (Å²) in [6.07, 6.45) is 13.9. The van der Waals surface area contributed by atoms with Gasteiger partial charge in [0.2, 0.25) is 0 Å². The Labute approximate surface area is 165 Å². The van der Waals surface area contributed by atoms with E-state index in [9.17, 15) is 4.79 Å². The summed E-state index contributed by atoms with van der Waals surface area (Å²) in [6, 6.07) is 5.75. The van der Waals surface area contributed by atoms with Crippen LogP contribution in [-0.2, 0) is 0 Å². The largest absolute Gasteiger partial charge is 0.490 e. The van der Waals surface area contributed by atoms with Gasteiger partial charge in [0.15, 0.2) is 11.5 Å². The van der Waals surface area contributed by atoms with Gasteiger partial charge in [0, 0.05) is 11.6 Å². The highest BCUT2D eigenvalue weighted by Gasteiger charge is 2.16. The molecule has 0 saturated heterocycles. The Bertz CT molecular complexity index is 547. The van der Waals surface area contributed by atoms with Gasteiger partial charge in [-0.25, -0.2) is 0 Å².